The molecule has 0 aromatic carbocycles. The summed E-state index contributed by atoms with van der Waals surface area (Å²) in [6.45, 7) is 1.86. The maximum atomic E-state index is 12.2. The first-order chi connectivity index (χ1) is 8.18. The Kier molecular flexibility index (Phi) is 3.87. The van der Waals surface area contributed by atoms with Crippen molar-refractivity contribution in [2.45, 2.75) is 51.5 Å². The number of furan rings is 1. The van der Waals surface area contributed by atoms with E-state index in [-0.39, 0.29) is 5.91 Å². The van der Waals surface area contributed by atoms with Crippen LogP contribution in [0.15, 0.2) is 16.5 Å². The normalized spacial score (nSPS) is 17.8. The molecule has 0 aliphatic heterocycles. The predicted molar refractivity (Wildman–Crippen MR) is 67.0 cm³/mol. The minimum atomic E-state index is 0.0185. The summed E-state index contributed by atoms with van der Waals surface area (Å²) in [5.74, 6) is 1.28. The third-order valence-electron chi connectivity index (χ3n) is 3.64. The van der Waals surface area contributed by atoms with Crippen LogP contribution in [0.25, 0.3) is 0 Å². The van der Waals surface area contributed by atoms with Gasteiger partial charge in [-0.05, 0) is 31.9 Å². The number of hydrogen-bond donors (Lipinski definition) is 0. The Labute approximate surface area is 103 Å². The van der Waals surface area contributed by atoms with Crippen LogP contribution >= 0.6 is 0 Å². The van der Waals surface area contributed by atoms with Crippen LogP contribution in [0.4, 0.5) is 0 Å². The van der Waals surface area contributed by atoms with Gasteiger partial charge in [0.15, 0.2) is 5.76 Å². The highest BCUT2D eigenvalue weighted by Gasteiger charge is 2.23. The van der Waals surface area contributed by atoms with Crippen molar-refractivity contribution in [3.63, 3.8) is 0 Å². The van der Waals surface area contributed by atoms with E-state index in [1.54, 1.807) is 6.07 Å². The van der Waals surface area contributed by atoms with Crippen LogP contribution in [0.3, 0.4) is 0 Å². The third kappa shape index (κ3) is 2.90. The molecule has 1 amide bonds. The summed E-state index contributed by atoms with van der Waals surface area (Å²) < 4.78 is 5.40. The molecule has 1 heterocycles. The van der Waals surface area contributed by atoms with Crippen molar-refractivity contribution in [3.8, 4) is 0 Å². The van der Waals surface area contributed by atoms with Gasteiger partial charge in [0, 0.05) is 13.1 Å². The Morgan fingerprint density at radius 2 is 1.88 bits per heavy atom. The van der Waals surface area contributed by atoms with Gasteiger partial charge in [-0.3, -0.25) is 4.79 Å². The SMILES string of the molecule is Cc1ccc(C(=O)N(C)C2CCCCCC2)o1. The highest BCUT2D eigenvalue weighted by atomic mass is 16.3. The first-order valence-electron chi connectivity index (χ1n) is 6.52. The molecule has 3 heteroatoms. The molecule has 0 unspecified atom stereocenters. The van der Waals surface area contributed by atoms with Crippen LogP contribution in [-0.2, 0) is 0 Å². The lowest BCUT2D eigenvalue weighted by Crippen LogP contribution is -2.36. The minimum Gasteiger partial charge on any atom is -0.456 e. The monoisotopic (exact) mass is 235 g/mol. The summed E-state index contributed by atoms with van der Waals surface area (Å²) in [7, 11) is 1.90. The van der Waals surface area contributed by atoms with Crippen molar-refractivity contribution >= 4 is 5.91 Å². The van der Waals surface area contributed by atoms with Crippen molar-refractivity contribution < 1.29 is 9.21 Å². The highest BCUT2D eigenvalue weighted by Crippen LogP contribution is 2.22. The first kappa shape index (κ1) is 12.2. The van der Waals surface area contributed by atoms with Gasteiger partial charge in [-0.25, -0.2) is 0 Å². The molecular weight excluding hydrogens is 214 g/mol. The fraction of sp³-hybridized carbons (Fsp3) is 0.643. The zero-order chi connectivity index (χ0) is 12.3. The average molecular weight is 235 g/mol. The molecule has 0 radical (unpaired) electrons. The van der Waals surface area contributed by atoms with Gasteiger partial charge in [-0.2, -0.15) is 0 Å². The number of amides is 1. The van der Waals surface area contributed by atoms with Crippen molar-refractivity contribution in [1.29, 1.82) is 0 Å². The molecule has 1 aliphatic carbocycles. The summed E-state index contributed by atoms with van der Waals surface area (Å²) in [5.41, 5.74) is 0. The van der Waals surface area contributed by atoms with Gasteiger partial charge in [0.1, 0.15) is 5.76 Å². The average Bonchev–Trinajstić information content (AvgIpc) is 2.60. The largest absolute Gasteiger partial charge is 0.456 e. The lowest BCUT2D eigenvalue weighted by molar-refractivity contribution is 0.0684. The van der Waals surface area contributed by atoms with E-state index in [9.17, 15) is 4.79 Å². The second-order valence-corrected chi connectivity index (χ2v) is 4.97. The van der Waals surface area contributed by atoms with E-state index >= 15 is 0 Å². The molecule has 1 saturated carbocycles. The number of nitrogens with zero attached hydrogens (tertiary/aromatic N) is 1. The molecular formula is C14H21NO2. The maximum Gasteiger partial charge on any atom is 0.289 e. The summed E-state index contributed by atoms with van der Waals surface area (Å²) >= 11 is 0. The van der Waals surface area contributed by atoms with Crippen LogP contribution in [0, 0.1) is 6.92 Å². The van der Waals surface area contributed by atoms with E-state index < -0.39 is 0 Å². The molecule has 1 aromatic heterocycles. The zero-order valence-corrected chi connectivity index (χ0v) is 10.7. The summed E-state index contributed by atoms with van der Waals surface area (Å²) in [4.78, 5) is 14.1. The van der Waals surface area contributed by atoms with Gasteiger partial charge < -0.3 is 9.32 Å². The number of carbonyl (C=O) groups excluding carboxylic acids is 1. The third-order valence-corrected chi connectivity index (χ3v) is 3.64. The second kappa shape index (κ2) is 5.39. The Bertz CT molecular complexity index is 375. The van der Waals surface area contributed by atoms with Gasteiger partial charge in [-0.15, -0.1) is 0 Å². The molecule has 3 nitrogen and oxygen atoms in total. The molecule has 1 aromatic rings. The highest BCUT2D eigenvalue weighted by molar-refractivity contribution is 5.91. The van der Waals surface area contributed by atoms with E-state index in [4.69, 9.17) is 4.42 Å². The number of hydrogen-bond acceptors (Lipinski definition) is 2. The van der Waals surface area contributed by atoms with E-state index in [0.29, 0.717) is 11.8 Å². The van der Waals surface area contributed by atoms with Crippen LogP contribution in [-0.4, -0.2) is 23.9 Å². The first-order valence-corrected chi connectivity index (χ1v) is 6.52. The molecule has 0 bridgehead atoms. The maximum absolute atomic E-state index is 12.2. The van der Waals surface area contributed by atoms with E-state index in [1.807, 2.05) is 24.9 Å². The van der Waals surface area contributed by atoms with Gasteiger partial charge in [0.25, 0.3) is 5.91 Å². The summed E-state index contributed by atoms with van der Waals surface area (Å²) in [5, 5.41) is 0. The molecule has 94 valence electrons. The Balaban J connectivity index is 2.03. The predicted octanol–water partition coefficient (Wildman–Crippen LogP) is 3.38. The molecule has 0 spiro atoms. The van der Waals surface area contributed by atoms with Gasteiger partial charge in [0.2, 0.25) is 0 Å². The van der Waals surface area contributed by atoms with Crippen LogP contribution in [0.5, 0.6) is 0 Å². The van der Waals surface area contributed by atoms with Crippen molar-refractivity contribution in [1.82, 2.24) is 4.90 Å². The lowest BCUT2D eigenvalue weighted by atomic mass is 10.1. The lowest BCUT2D eigenvalue weighted by Gasteiger charge is -2.26. The standard InChI is InChI=1S/C14H21NO2/c1-11-9-10-13(17-11)14(16)15(2)12-7-5-3-4-6-8-12/h9-10,12H,3-8H2,1-2H3. The number of carbonyl (C=O) groups is 1. The Hall–Kier alpha value is -1.25. The fourth-order valence-corrected chi connectivity index (χ4v) is 2.53. The number of aryl methyl sites for hydroxylation is 1. The molecule has 1 aliphatic rings. The number of rotatable bonds is 2. The van der Waals surface area contributed by atoms with Gasteiger partial charge >= 0.3 is 0 Å². The molecule has 0 N–H and O–H groups in total. The van der Waals surface area contributed by atoms with Crippen LogP contribution < -0.4 is 0 Å². The summed E-state index contributed by atoms with van der Waals surface area (Å²) in [6, 6.07) is 3.99. The van der Waals surface area contributed by atoms with Gasteiger partial charge in [0.05, 0.1) is 0 Å². The zero-order valence-electron chi connectivity index (χ0n) is 10.7. The Morgan fingerprint density at radius 1 is 1.24 bits per heavy atom. The smallest absolute Gasteiger partial charge is 0.289 e. The molecule has 0 saturated heterocycles. The van der Waals surface area contributed by atoms with Gasteiger partial charge in [-0.1, -0.05) is 25.7 Å². The van der Waals surface area contributed by atoms with Crippen LogP contribution in [0.2, 0.25) is 0 Å². The topological polar surface area (TPSA) is 33.5 Å². The Morgan fingerprint density at radius 3 is 2.41 bits per heavy atom. The molecule has 17 heavy (non-hydrogen) atoms. The molecule has 1 fully saturated rings. The fourth-order valence-electron chi connectivity index (χ4n) is 2.53. The van der Waals surface area contributed by atoms with E-state index in [0.717, 1.165) is 18.6 Å². The van der Waals surface area contributed by atoms with Crippen LogP contribution in [0.1, 0.15) is 54.8 Å². The second-order valence-electron chi connectivity index (χ2n) is 4.97. The summed E-state index contributed by atoms with van der Waals surface area (Å²) in [6.07, 6.45) is 7.33. The molecule has 2 rings (SSSR count). The minimum absolute atomic E-state index is 0.0185. The van der Waals surface area contributed by atoms with E-state index in [1.165, 1.54) is 25.7 Å². The van der Waals surface area contributed by atoms with Crippen molar-refractivity contribution in [3.05, 3.63) is 23.7 Å². The van der Waals surface area contributed by atoms with E-state index in [2.05, 4.69) is 0 Å². The van der Waals surface area contributed by atoms with Crippen molar-refractivity contribution in [2.75, 3.05) is 7.05 Å². The molecule has 0 atom stereocenters. The van der Waals surface area contributed by atoms with Crippen molar-refractivity contribution in [2.24, 2.45) is 0 Å². The quantitative estimate of drug-likeness (QED) is 0.736.